The van der Waals surface area contributed by atoms with Gasteiger partial charge in [-0.05, 0) is 88.1 Å². The minimum atomic E-state index is -0.339. The minimum Gasteiger partial charge on any atom is -0.465 e. The van der Waals surface area contributed by atoms with E-state index in [1.165, 1.54) is 52.3 Å². The molecule has 206 valence electrons. The van der Waals surface area contributed by atoms with Gasteiger partial charge in [0.05, 0.1) is 12.7 Å². The molecule has 8 nitrogen and oxygen atoms in total. The summed E-state index contributed by atoms with van der Waals surface area (Å²) in [5.41, 5.74) is 3.22. The highest BCUT2D eigenvalue weighted by Crippen LogP contribution is 2.26. The molecule has 1 aromatic carbocycles. The molecule has 0 radical (unpaired) electrons. The van der Waals surface area contributed by atoms with Crippen LogP contribution in [0.5, 0.6) is 0 Å². The molecule has 1 N–H and O–H groups in total. The highest BCUT2D eigenvalue weighted by atomic mass is 16.5. The van der Waals surface area contributed by atoms with E-state index in [4.69, 9.17) is 14.7 Å². The molecule has 0 unspecified atom stereocenters. The fourth-order valence-electron chi connectivity index (χ4n) is 5.09. The molecule has 1 fully saturated rings. The fraction of sp³-hybridized carbons (Fsp3) is 0.567. The highest BCUT2D eigenvalue weighted by Gasteiger charge is 2.17. The molecular weight excluding hydrogens is 476 g/mol. The van der Waals surface area contributed by atoms with Gasteiger partial charge in [0.2, 0.25) is 5.95 Å². The molecule has 1 aliphatic rings. The van der Waals surface area contributed by atoms with Gasteiger partial charge in [0.15, 0.2) is 5.65 Å². The number of methoxy groups -OCH3 is 1. The second-order valence-corrected chi connectivity index (χ2v) is 10.2. The van der Waals surface area contributed by atoms with Crippen LogP contribution in [-0.4, -0.2) is 65.2 Å². The Balaban J connectivity index is 1.61. The summed E-state index contributed by atoms with van der Waals surface area (Å²) in [6.07, 6.45) is 9.66. The normalized spacial score (nSPS) is 14.1. The zero-order chi connectivity index (χ0) is 26.7. The van der Waals surface area contributed by atoms with Gasteiger partial charge in [0.1, 0.15) is 11.3 Å². The Bertz CT molecular complexity index is 1150. The number of nitrogens with one attached hydrogen (secondary N) is 1. The summed E-state index contributed by atoms with van der Waals surface area (Å²) in [6, 6.07) is 11.5. The molecule has 38 heavy (non-hydrogen) atoms. The van der Waals surface area contributed by atoms with Crippen molar-refractivity contribution < 1.29 is 9.53 Å². The van der Waals surface area contributed by atoms with Crippen LogP contribution in [0, 0.1) is 0 Å². The molecular formula is C30H44N6O2. The average Bonchev–Trinajstić information content (AvgIpc) is 3.29. The zero-order valence-corrected chi connectivity index (χ0v) is 23.4. The number of aromatic nitrogens is 3. The summed E-state index contributed by atoms with van der Waals surface area (Å²) in [6.45, 7) is 10.9. The number of carbonyl (C=O) groups excluding carboxylic acids is 1. The van der Waals surface area contributed by atoms with Crippen molar-refractivity contribution in [1.29, 1.82) is 0 Å². The number of carbonyl (C=O) groups is 1. The SMILES string of the molecule is CCCCN(CCCC)c1ccc2nc(Nc3ccc(C(=O)OC)cc3)n(CCCN3CCCCC3)c2n1. The molecule has 3 heterocycles. The van der Waals surface area contributed by atoms with Crippen LogP contribution in [0.4, 0.5) is 17.5 Å². The maximum Gasteiger partial charge on any atom is 0.337 e. The van der Waals surface area contributed by atoms with Crippen LogP contribution in [0.2, 0.25) is 0 Å². The van der Waals surface area contributed by atoms with Crippen molar-refractivity contribution in [2.24, 2.45) is 0 Å². The number of imidazole rings is 1. The number of piperidine rings is 1. The van der Waals surface area contributed by atoms with Gasteiger partial charge < -0.3 is 19.9 Å². The van der Waals surface area contributed by atoms with Crippen molar-refractivity contribution >= 4 is 34.6 Å². The Morgan fingerprint density at radius 1 is 0.921 bits per heavy atom. The Labute approximate surface area is 227 Å². The number of benzene rings is 1. The summed E-state index contributed by atoms with van der Waals surface area (Å²) in [5, 5.41) is 3.48. The van der Waals surface area contributed by atoms with E-state index in [1.807, 2.05) is 12.1 Å². The number of anilines is 3. The second kappa shape index (κ2) is 14.1. The number of hydrogen-bond donors (Lipinski definition) is 1. The predicted molar refractivity (Wildman–Crippen MR) is 156 cm³/mol. The Hall–Kier alpha value is -3.13. The lowest BCUT2D eigenvalue weighted by Gasteiger charge is -2.26. The predicted octanol–water partition coefficient (Wildman–Crippen LogP) is 6.24. The Morgan fingerprint density at radius 2 is 1.63 bits per heavy atom. The number of likely N-dealkylation sites (tertiary alicyclic amines) is 1. The van der Waals surface area contributed by atoms with Crippen molar-refractivity contribution in [3.8, 4) is 0 Å². The van der Waals surface area contributed by atoms with E-state index in [9.17, 15) is 4.79 Å². The standard InChI is InChI=1S/C30H44N6O2/c1-4-6-21-35(22-7-5-2)27-17-16-26-28(33-27)36(23-11-20-34-18-9-8-10-19-34)30(32-26)31-25-14-12-24(13-15-25)29(37)38-3/h12-17H,4-11,18-23H2,1-3H3,(H,31,32). The van der Waals surface area contributed by atoms with Crippen LogP contribution >= 0.6 is 0 Å². The molecule has 0 bridgehead atoms. The Kier molecular flexibility index (Phi) is 10.4. The molecule has 8 heteroatoms. The first-order chi connectivity index (χ1) is 18.6. The smallest absolute Gasteiger partial charge is 0.337 e. The van der Waals surface area contributed by atoms with Gasteiger partial charge in [0, 0.05) is 25.3 Å². The quantitative estimate of drug-likeness (QED) is 0.252. The number of aryl methyl sites for hydroxylation is 1. The van der Waals surface area contributed by atoms with Crippen molar-refractivity contribution in [1.82, 2.24) is 19.4 Å². The van der Waals surface area contributed by atoms with Crippen LogP contribution in [0.15, 0.2) is 36.4 Å². The minimum absolute atomic E-state index is 0.339. The van der Waals surface area contributed by atoms with E-state index in [1.54, 1.807) is 12.1 Å². The van der Waals surface area contributed by atoms with Gasteiger partial charge in [-0.3, -0.25) is 4.57 Å². The molecule has 0 saturated carbocycles. The average molecular weight is 521 g/mol. The number of pyridine rings is 1. The van der Waals surface area contributed by atoms with E-state index in [0.717, 1.165) is 74.1 Å². The summed E-state index contributed by atoms with van der Waals surface area (Å²) >= 11 is 0. The summed E-state index contributed by atoms with van der Waals surface area (Å²) in [5.74, 6) is 1.47. The zero-order valence-electron chi connectivity index (χ0n) is 23.4. The van der Waals surface area contributed by atoms with E-state index < -0.39 is 0 Å². The number of nitrogens with zero attached hydrogens (tertiary/aromatic N) is 5. The van der Waals surface area contributed by atoms with E-state index in [2.05, 4.69) is 45.7 Å². The molecule has 1 saturated heterocycles. The number of hydrogen-bond acceptors (Lipinski definition) is 7. The maximum absolute atomic E-state index is 11.8. The van der Waals surface area contributed by atoms with Gasteiger partial charge >= 0.3 is 5.97 Å². The molecule has 2 aromatic heterocycles. The van der Waals surface area contributed by atoms with Crippen LogP contribution < -0.4 is 10.2 Å². The first kappa shape index (κ1) is 27.9. The summed E-state index contributed by atoms with van der Waals surface area (Å²) < 4.78 is 7.07. The van der Waals surface area contributed by atoms with Crippen LogP contribution in [0.25, 0.3) is 11.2 Å². The fourth-order valence-corrected chi connectivity index (χ4v) is 5.09. The van der Waals surface area contributed by atoms with Gasteiger partial charge in [-0.2, -0.15) is 0 Å². The number of unbranched alkanes of at least 4 members (excludes halogenated alkanes) is 2. The first-order valence-electron chi connectivity index (χ1n) is 14.4. The monoisotopic (exact) mass is 520 g/mol. The lowest BCUT2D eigenvalue weighted by atomic mass is 10.1. The molecule has 3 aromatic rings. The number of esters is 1. The molecule has 0 amide bonds. The van der Waals surface area contributed by atoms with Gasteiger partial charge in [-0.25, -0.2) is 14.8 Å². The first-order valence-corrected chi connectivity index (χ1v) is 14.4. The third-order valence-electron chi connectivity index (χ3n) is 7.33. The van der Waals surface area contributed by atoms with Crippen molar-refractivity contribution in [2.45, 2.75) is 71.8 Å². The van der Waals surface area contributed by atoms with E-state index in [-0.39, 0.29) is 5.97 Å². The van der Waals surface area contributed by atoms with Crippen molar-refractivity contribution in [2.75, 3.05) is 50.1 Å². The topological polar surface area (TPSA) is 75.5 Å². The number of fused-ring (bicyclic) bond motifs is 1. The molecule has 0 aliphatic carbocycles. The molecule has 1 aliphatic heterocycles. The van der Waals surface area contributed by atoms with Crippen molar-refractivity contribution in [3.63, 3.8) is 0 Å². The van der Waals surface area contributed by atoms with Gasteiger partial charge in [0.25, 0.3) is 0 Å². The number of ether oxygens (including phenoxy) is 1. The molecule has 0 spiro atoms. The third-order valence-corrected chi connectivity index (χ3v) is 7.33. The largest absolute Gasteiger partial charge is 0.465 e. The van der Waals surface area contributed by atoms with Crippen LogP contribution in [-0.2, 0) is 11.3 Å². The highest BCUT2D eigenvalue weighted by molar-refractivity contribution is 5.89. The molecule has 4 rings (SSSR count). The summed E-state index contributed by atoms with van der Waals surface area (Å²) in [4.78, 5) is 27.0. The van der Waals surface area contributed by atoms with E-state index >= 15 is 0 Å². The van der Waals surface area contributed by atoms with Crippen LogP contribution in [0.1, 0.15) is 75.6 Å². The second-order valence-electron chi connectivity index (χ2n) is 10.2. The summed E-state index contributed by atoms with van der Waals surface area (Å²) in [7, 11) is 1.40. The lowest BCUT2D eigenvalue weighted by molar-refractivity contribution is 0.0601. The van der Waals surface area contributed by atoms with Crippen molar-refractivity contribution in [3.05, 3.63) is 42.0 Å². The van der Waals surface area contributed by atoms with E-state index in [0.29, 0.717) is 5.56 Å². The van der Waals surface area contributed by atoms with Gasteiger partial charge in [-0.15, -0.1) is 0 Å². The lowest BCUT2D eigenvalue weighted by Crippen LogP contribution is -2.31. The Morgan fingerprint density at radius 3 is 2.29 bits per heavy atom. The number of rotatable bonds is 14. The van der Waals surface area contributed by atoms with Crippen LogP contribution in [0.3, 0.4) is 0 Å². The maximum atomic E-state index is 11.8. The van der Waals surface area contributed by atoms with Gasteiger partial charge in [-0.1, -0.05) is 33.1 Å². The molecule has 0 atom stereocenters. The third kappa shape index (κ3) is 7.25.